The number of carbonyl (C=O) groups excluding carboxylic acids is 1. The maximum atomic E-state index is 11.9. The number of hydrogen-bond acceptors (Lipinski definition) is 4. The van der Waals surface area contributed by atoms with Crippen LogP contribution in [0.3, 0.4) is 0 Å². The van der Waals surface area contributed by atoms with Gasteiger partial charge < -0.3 is 10.1 Å². The molecule has 0 aliphatic heterocycles. The van der Waals surface area contributed by atoms with Gasteiger partial charge in [-0.05, 0) is 55.8 Å². The quantitative estimate of drug-likeness (QED) is 0.658. The molecular weight excluding hydrogens is 352 g/mol. The Kier molecular flexibility index (Phi) is 7.17. The third-order valence-electron chi connectivity index (χ3n) is 3.77. The molecule has 0 spiro atoms. The number of hydrogen-bond donors (Lipinski definition) is 2. The third-order valence-corrected chi connectivity index (χ3v) is 5.19. The molecule has 2 rings (SSSR count). The molecule has 0 aliphatic carbocycles. The van der Waals surface area contributed by atoms with Crippen molar-refractivity contribution in [3.63, 3.8) is 0 Å². The number of carbonyl (C=O) groups is 1. The monoisotopic (exact) mass is 376 g/mol. The van der Waals surface area contributed by atoms with Crippen LogP contribution >= 0.6 is 0 Å². The average Bonchev–Trinajstić information content (AvgIpc) is 2.64. The highest BCUT2D eigenvalue weighted by Crippen LogP contribution is 2.13. The zero-order valence-corrected chi connectivity index (χ0v) is 15.8. The van der Waals surface area contributed by atoms with E-state index in [1.807, 2.05) is 31.2 Å². The molecule has 2 aromatic rings. The van der Waals surface area contributed by atoms with Crippen LogP contribution in [0, 0.1) is 6.92 Å². The molecule has 26 heavy (non-hydrogen) atoms. The highest BCUT2D eigenvalue weighted by molar-refractivity contribution is 7.89. The number of nitrogens with one attached hydrogen (secondary N) is 2. The second kappa shape index (κ2) is 9.35. The molecule has 0 saturated carbocycles. The summed E-state index contributed by atoms with van der Waals surface area (Å²) < 4.78 is 31.5. The molecule has 0 aromatic heterocycles. The number of sulfonamides is 1. The average molecular weight is 376 g/mol. The molecule has 1 amide bonds. The molecule has 2 aromatic carbocycles. The summed E-state index contributed by atoms with van der Waals surface area (Å²) in [7, 11) is -2.12. The number of rotatable bonds is 9. The van der Waals surface area contributed by atoms with Crippen LogP contribution in [0.5, 0.6) is 5.75 Å². The first kappa shape index (κ1) is 19.9. The van der Waals surface area contributed by atoms with Crippen molar-refractivity contribution in [2.75, 3.05) is 13.7 Å². The van der Waals surface area contributed by atoms with Crippen LogP contribution < -0.4 is 14.8 Å². The molecule has 7 heteroatoms. The van der Waals surface area contributed by atoms with Gasteiger partial charge in [-0.25, -0.2) is 13.1 Å². The van der Waals surface area contributed by atoms with Crippen LogP contribution in [-0.4, -0.2) is 28.0 Å². The van der Waals surface area contributed by atoms with E-state index in [0.29, 0.717) is 19.4 Å². The van der Waals surface area contributed by atoms with Gasteiger partial charge in [0.15, 0.2) is 0 Å². The number of ether oxygens (including phenoxy) is 1. The number of amides is 1. The molecular formula is C19H24N2O4S. The fourth-order valence-electron chi connectivity index (χ4n) is 2.36. The van der Waals surface area contributed by atoms with E-state index in [0.717, 1.165) is 16.9 Å². The Bertz CT molecular complexity index is 850. The van der Waals surface area contributed by atoms with Crippen molar-refractivity contribution in [1.29, 1.82) is 0 Å². The SMILES string of the molecule is CNS(=O)(=O)c1cccc(CNC(=O)CCCOc2cccc(C)c2)c1. The zero-order chi connectivity index (χ0) is 19.0. The molecule has 0 bridgehead atoms. The normalized spacial score (nSPS) is 11.2. The van der Waals surface area contributed by atoms with E-state index in [2.05, 4.69) is 10.0 Å². The topological polar surface area (TPSA) is 84.5 Å². The lowest BCUT2D eigenvalue weighted by atomic mass is 10.2. The zero-order valence-electron chi connectivity index (χ0n) is 15.0. The van der Waals surface area contributed by atoms with Crippen LogP contribution in [-0.2, 0) is 21.4 Å². The minimum atomic E-state index is -3.49. The van der Waals surface area contributed by atoms with E-state index in [4.69, 9.17) is 4.74 Å². The summed E-state index contributed by atoms with van der Waals surface area (Å²) in [6.07, 6.45) is 0.953. The summed E-state index contributed by atoms with van der Waals surface area (Å²) >= 11 is 0. The Balaban J connectivity index is 1.74. The second-order valence-corrected chi connectivity index (χ2v) is 7.79. The Labute approximate surface area is 154 Å². The fraction of sp³-hybridized carbons (Fsp3) is 0.316. The fourth-order valence-corrected chi connectivity index (χ4v) is 3.16. The number of benzene rings is 2. The van der Waals surface area contributed by atoms with E-state index in [1.165, 1.54) is 13.1 Å². The van der Waals surface area contributed by atoms with E-state index >= 15 is 0 Å². The molecule has 0 fully saturated rings. The Morgan fingerprint density at radius 1 is 1.12 bits per heavy atom. The van der Waals surface area contributed by atoms with Gasteiger partial charge in [-0.1, -0.05) is 24.3 Å². The van der Waals surface area contributed by atoms with Crippen LogP contribution in [0.4, 0.5) is 0 Å². The lowest BCUT2D eigenvalue weighted by molar-refractivity contribution is -0.121. The van der Waals surface area contributed by atoms with E-state index in [1.54, 1.807) is 18.2 Å². The molecule has 0 atom stereocenters. The molecule has 6 nitrogen and oxygen atoms in total. The Hall–Kier alpha value is -2.38. The van der Waals surface area contributed by atoms with Crippen molar-refractivity contribution in [2.24, 2.45) is 0 Å². The lowest BCUT2D eigenvalue weighted by Crippen LogP contribution is -2.23. The van der Waals surface area contributed by atoms with Gasteiger partial charge in [0, 0.05) is 13.0 Å². The smallest absolute Gasteiger partial charge is 0.240 e. The lowest BCUT2D eigenvalue weighted by Gasteiger charge is -2.09. The summed E-state index contributed by atoms with van der Waals surface area (Å²) in [6.45, 7) is 2.74. The summed E-state index contributed by atoms with van der Waals surface area (Å²) in [6, 6.07) is 14.3. The Morgan fingerprint density at radius 2 is 1.88 bits per heavy atom. The summed E-state index contributed by atoms with van der Waals surface area (Å²) in [5.74, 6) is 0.702. The van der Waals surface area contributed by atoms with Crippen molar-refractivity contribution < 1.29 is 17.9 Å². The maximum Gasteiger partial charge on any atom is 0.240 e. The van der Waals surface area contributed by atoms with Gasteiger partial charge >= 0.3 is 0 Å². The molecule has 0 unspecified atom stereocenters. The van der Waals surface area contributed by atoms with Crippen molar-refractivity contribution in [3.05, 3.63) is 59.7 Å². The van der Waals surface area contributed by atoms with Gasteiger partial charge in [-0.3, -0.25) is 4.79 Å². The standard InChI is InChI=1S/C19H24N2O4S/c1-15-6-3-8-17(12-15)25-11-5-10-19(22)21-14-16-7-4-9-18(13-16)26(23,24)20-2/h3-4,6-9,12-13,20H,5,10-11,14H2,1-2H3,(H,21,22). The molecule has 0 saturated heterocycles. The molecule has 0 heterocycles. The second-order valence-electron chi connectivity index (χ2n) is 5.90. The first-order valence-corrected chi connectivity index (χ1v) is 9.88. The number of aryl methyl sites for hydroxylation is 1. The van der Waals surface area contributed by atoms with Crippen molar-refractivity contribution >= 4 is 15.9 Å². The van der Waals surface area contributed by atoms with Crippen molar-refractivity contribution in [1.82, 2.24) is 10.0 Å². The molecule has 140 valence electrons. The van der Waals surface area contributed by atoms with Crippen LogP contribution in [0.15, 0.2) is 53.4 Å². The third kappa shape index (κ3) is 6.16. The minimum absolute atomic E-state index is 0.0975. The molecule has 0 aliphatic rings. The highest BCUT2D eigenvalue weighted by atomic mass is 32.2. The molecule has 0 radical (unpaired) electrons. The van der Waals surface area contributed by atoms with E-state index < -0.39 is 10.0 Å². The van der Waals surface area contributed by atoms with Crippen LogP contribution in [0.25, 0.3) is 0 Å². The van der Waals surface area contributed by atoms with Crippen LogP contribution in [0.2, 0.25) is 0 Å². The van der Waals surface area contributed by atoms with Gasteiger partial charge in [0.2, 0.25) is 15.9 Å². The van der Waals surface area contributed by atoms with Crippen molar-refractivity contribution in [3.8, 4) is 5.75 Å². The van der Waals surface area contributed by atoms with Crippen LogP contribution in [0.1, 0.15) is 24.0 Å². The largest absolute Gasteiger partial charge is 0.494 e. The van der Waals surface area contributed by atoms with E-state index in [-0.39, 0.29) is 17.3 Å². The first-order chi connectivity index (χ1) is 12.4. The van der Waals surface area contributed by atoms with Gasteiger partial charge in [-0.2, -0.15) is 0 Å². The minimum Gasteiger partial charge on any atom is -0.494 e. The predicted octanol–water partition coefficient (Wildman–Crippen LogP) is 2.38. The van der Waals surface area contributed by atoms with E-state index in [9.17, 15) is 13.2 Å². The molecule has 2 N–H and O–H groups in total. The summed E-state index contributed by atoms with van der Waals surface area (Å²) in [5, 5.41) is 2.79. The predicted molar refractivity (Wildman–Crippen MR) is 100 cm³/mol. The summed E-state index contributed by atoms with van der Waals surface area (Å²) in [5.41, 5.74) is 1.86. The highest BCUT2D eigenvalue weighted by Gasteiger charge is 2.11. The van der Waals surface area contributed by atoms with Crippen molar-refractivity contribution in [2.45, 2.75) is 31.2 Å². The van der Waals surface area contributed by atoms with Gasteiger partial charge in [0.05, 0.1) is 11.5 Å². The van der Waals surface area contributed by atoms with Gasteiger partial charge in [0.1, 0.15) is 5.75 Å². The van der Waals surface area contributed by atoms with Gasteiger partial charge in [-0.15, -0.1) is 0 Å². The first-order valence-electron chi connectivity index (χ1n) is 8.39. The Morgan fingerprint density at radius 3 is 2.62 bits per heavy atom. The summed E-state index contributed by atoms with van der Waals surface area (Å²) in [4.78, 5) is 12.1. The maximum absolute atomic E-state index is 11.9. The van der Waals surface area contributed by atoms with Gasteiger partial charge in [0.25, 0.3) is 0 Å².